The number of carbonyl (C=O) groups excluding carboxylic acids is 4. The first-order valence-corrected chi connectivity index (χ1v) is 9.85. The zero-order valence-corrected chi connectivity index (χ0v) is 16.5. The van der Waals surface area contributed by atoms with Crippen molar-refractivity contribution in [3.63, 3.8) is 0 Å². The van der Waals surface area contributed by atoms with Gasteiger partial charge in [0.15, 0.2) is 5.76 Å². The number of hydrogen-bond donors (Lipinski definition) is 2. The summed E-state index contributed by atoms with van der Waals surface area (Å²) in [5.41, 5.74) is 0.604. The molecule has 4 amide bonds. The molecule has 0 saturated carbocycles. The van der Waals surface area contributed by atoms with Crippen LogP contribution in [-0.2, 0) is 9.59 Å². The minimum Gasteiger partial charge on any atom is -0.459 e. The summed E-state index contributed by atoms with van der Waals surface area (Å²) >= 11 is 0.791. The second kappa shape index (κ2) is 9.88. The Labute approximate surface area is 175 Å². The Hall–Kier alpha value is -3.40. The molecule has 10 heteroatoms. The van der Waals surface area contributed by atoms with Gasteiger partial charge in [-0.25, -0.2) is 4.39 Å². The van der Waals surface area contributed by atoms with Gasteiger partial charge < -0.3 is 15.1 Å². The van der Waals surface area contributed by atoms with E-state index < -0.39 is 22.9 Å². The molecule has 2 heterocycles. The molecule has 156 valence electrons. The number of carbonyl (C=O) groups is 4. The van der Waals surface area contributed by atoms with Gasteiger partial charge in [-0.15, -0.1) is 0 Å². The first kappa shape index (κ1) is 21.3. The molecule has 1 aliphatic rings. The molecule has 0 atom stereocenters. The number of imide groups is 1. The highest BCUT2D eigenvalue weighted by molar-refractivity contribution is 8.18. The lowest BCUT2D eigenvalue weighted by atomic mass is 10.2. The smallest absolute Gasteiger partial charge is 0.293 e. The fourth-order valence-electron chi connectivity index (χ4n) is 2.58. The molecule has 0 spiro atoms. The summed E-state index contributed by atoms with van der Waals surface area (Å²) in [5.74, 6) is -1.45. The number of hydrogen-bond acceptors (Lipinski definition) is 6. The summed E-state index contributed by atoms with van der Waals surface area (Å²) < 4.78 is 17.9. The second-order valence-corrected chi connectivity index (χ2v) is 7.21. The molecule has 1 aromatic carbocycles. The zero-order valence-electron chi connectivity index (χ0n) is 15.7. The van der Waals surface area contributed by atoms with Crippen LogP contribution in [0.25, 0.3) is 6.08 Å². The van der Waals surface area contributed by atoms with Crippen LogP contribution in [0.3, 0.4) is 0 Å². The van der Waals surface area contributed by atoms with Gasteiger partial charge in [0.1, 0.15) is 5.82 Å². The van der Waals surface area contributed by atoms with Gasteiger partial charge in [0.2, 0.25) is 5.91 Å². The van der Waals surface area contributed by atoms with Crippen LogP contribution in [0, 0.1) is 5.82 Å². The van der Waals surface area contributed by atoms with E-state index in [2.05, 4.69) is 10.6 Å². The van der Waals surface area contributed by atoms with Gasteiger partial charge in [-0.2, -0.15) is 0 Å². The average molecular weight is 431 g/mol. The quantitative estimate of drug-likeness (QED) is 0.622. The highest BCUT2D eigenvalue weighted by Crippen LogP contribution is 2.31. The number of thioether (sulfide) groups is 1. The van der Waals surface area contributed by atoms with Crippen molar-refractivity contribution >= 4 is 40.8 Å². The standard InChI is InChI=1S/C20H18FN3O5S/c21-14-5-3-13(4-6-14)12-16-19(27)24(20(28)30-16)10-9-22-17(25)7-8-23-18(26)15-2-1-11-29-15/h1-6,11-12H,7-10H2,(H,22,25)(H,23,26)/b16-12+. The van der Waals surface area contributed by atoms with Crippen LogP contribution in [0.15, 0.2) is 52.0 Å². The maximum Gasteiger partial charge on any atom is 0.293 e. The van der Waals surface area contributed by atoms with E-state index >= 15 is 0 Å². The van der Waals surface area contributed by atoms with Crippen molar-refractivity contribution in [1.82, 2.24) is 15.5 Å². The lowest BCUT2D eigenvalue weighted by molar-refractivity contribution is -0.124. The van der Waals surface area contributed by atoms with Gasteiger partial charge in [-0.05, 0) is 47.7 Å². The number of halogens is 1. The molecular formula is C20H18FN3O5S. The molecule has 0 radical (unpaired) electrons. The molecule has 1 aromatic heterocycles. The molecule has 0 unspecified atom stereocenters. The summed E-state index contributed by atoms with van der Waals surface area (Å²) in [6.45, 7) is 0.232. The molecule has 1 aliphatic heterocycles. The molecule has 2 aromatic rings. The summed E-state index contributed by atoms with van der Waals surface area (Å²) in [5, 5.41) is 4.71. The fourth-order valence-corrected chi connectivity index (χ4v) is 3.45. The van der Waals surface area contributed by atoms with Crippen molar-refractivity contribution in [2.75, 3.05) is 19.6 Å². The topological polar surface area (TPSA) is 109 Å². The number of rotatable bonds is 8. The van der Waals surface area contributed by atoms with Crippen molar-refractivity contribution in [3.8, 4) is 0 Å². The van der Waals surface area contributed by atoms with Crippen molar-refractivity contribution in [3.05, 3.63) is 64.7 Å². The largest absolute Gasteiger partial charge is 0.459 e. The monoisotopic (exact) mass is 431 g/mol. The highest BCUT2D eigenvalue weighted by atomic mass is 32.2. The number of nitrogens with zero attached hydrogens (tertiary/aromatic N) is 1. The average Bonchev–Trinajstić information content (AvgIpc) is 3.34. The van der Waals surface area contributed by atoms with Crippen LogP contribution >= 0.6 is 11.8 Å². The lowest BCUT2D eigenvalue weighted by Crippen LogP contribution is -2.38. The molecule has 1 saturated heterocycles. The third-order valence-corrected chi connectivity index (χ3v) is 4.99. The first-order chi connectivity index (χ1) is 14.4. The number of amides is 4. The summed E-state index contributed by atoms with van der Waals surface area (Å²) in [4.78, 5) is 49.3. The Morgan fingerprint density at radius 2 is 1.87 bits per heavy atom. The van der Waals surface area contributed by atoms with Crippen molar-refractivity contribution in [2.24, 2.45) is 0 Å². The zero-order chi connectivity index (χ0) is 21.5. The second-order valence-electron chi connectivity index (χ2n) is 6.22. The molecule has 0 bridgehead atoms. The lowest BCUT2D eigenvalue weighted by Gasteiger charge is -2.13. The Morgan fingerprint density at radius 1 is 1.10 bits per heavy atom. The molecule has 2 N–H and O–H groups in total. The van der Waals surface area contributed by atoms with Gasteiger partial charge in [-0.1, -0.05) is 12.1 Å². The third-order valence-electron chi connectivity index (χ3n) is 4.08. The maximum atomic E-state index is 13.0. The van der Waals surface area contributed by atoms with Crippen LogP contribution in [0.2, 0.25) is 0 Å². The number of nitrogens with one attached hydrogen (secondary N) is 2. The molecular weight excluding hydrogens is 413 g/mol. The van der Waals surface area contributed by atoms with E-state index in [0.717, 1.165) is 16.7 Å². The first-order valence-electron chi connectivity index (χ1n) is 9.03. The fraction of sp³-hybridized carbons (Fsp3) is 0.200. The summed E-state index contributed by atoms with van der Waals surface area (Å²) in [6, 6.07) is 8.64. The Balaban J connectivity index is 1.41. The van der Waals surface area contributed by atoms with Crippen LogP contribution in [0.4, 0.5) is 9.18 Å². The van der Waals surface area contributed by atoms with Crippen molar-refractivity contribution in [1.29, 1.82) is 0 Å². The van der Waals surface area contributed by atoms with E-state index in [1.165, 1.54) is 42.7 Å². The molecule has 8 nitrogen and oxygen atoms in total. The van der Waals surface area contributed by atoms with Gasteiger partial charge in [0, 0.05) is 26.1 Å². The molecule has 0 aliphatic carbocycles. The van der Waals surface area contributed by atoms with Gasteiger partial charge in [-0.3, -0.25) is 24.1 Å². The van der Waals surface area contributed by atoms with Crippen molar-refractivity contribution in [2.45, 2.75) is 6.42 Å². The number of furan rings is 1. The van der Waals surface area contributed by atoms with E-state index in [-0.39, 0.29) is 42.6 Å². The SMILES string of the molecule is O=C(CCNC(=O)c1ccco1)NCCN1C(=O)S/C(=C/c2ccc(F)cc2)C1=O. The highest BCUT2D eigenvalue weighted by Gasteiger charge is 2.34. The maximum absolute atomic E-state index is 13.0. The van der Waals surface area contributed by atoms with E-state index in [0.29, 0.717) is 5.56 Å². The van der Waals surface area contributed by atoms with Gasteiger partial charge in [0.05, 0.1) is 11.2 Å². The Morgan fingerprint density at radius 3 is 2.57 bits per heavy atom. The van der Waals surface area contributed by atoms with Crippen LogP contribution in [-0.4, -0.2) is 47.5 Å². The molecule has 3 rings (SSSR count). The minimum atomic E-state index is -0.464. The van der Waals surface area contributed by atoms with E-state index in [9.17, 15) is 23.6 Å². The minimum absolute atomic E-state index is 0.0237. The predicted molar refractivity (Wildman–Crippen MR) is 108 cm³/mol. The van der Waals surface area contributed by atoms with Crippen LogP contribution in [0.1, 0.15) is 22.5 Å². The van der Waals surface area contributed by atoms with E-state index in [1.54, 1.807) is 6.07 Å². The van der Waals surface area contributed by atoms with Gasteiger partial charge in [0.25, 0.3) is 17.1 Å². The normalized spacial score (nSPS) is 15.0. The third kappa shape index (κ3) is 5.57. The Bertz CT molecular complexity index is 973. The molecule has 30 heavy (non-hydrogen) atoms. The molecule has 1 fully saturated rings. The summed E-state index contributed by atoms with van der Waals surface area (Å²) in [6.07, 6.45) is 2.94. The van der Waals surface area contributed by atoms with Crippen LogP contribution < -0.4 is 10.6 Å². The Kier molecular flexibility index (Phi) is 7.02. The number of benzene rings is 1. The van der Waals surface area contributed by atoms with Crippen LogP contribution in [0.5, 0.6) is 0 Å². The van der Waals surface area contributed by atoms with Gasteiger partial charge >= 0.3 is 0 Å². The predicted octanol–water partition coefficient (Wildman–Crippen LogP) is 2.39. The summed E-state index contributed by atoms with van der Waals surface area (Å²) in [7, 11) is 0. The van der Waals surface area contributed by atoms with E-state index in [1.807, 2.05) is 0 Å². The van der Waals surface area contributed by atoms with Crippen molar-refractivity contribution < 1.29 is 28.0 Å². The van der Waals surface area contributed by atoms with E-state index in [4.69, 9.17) is 4.42 Å².